The molecule has 0 N–H and O–H groups in total. The van der Waals surface area contributed by atoms with Crippen molar-refractivity contribution in [2.45, 2.75) is 44.6 Å². The zero-order chi connectivity index (χ0) is 12.1. The lowest BCUT2D eigenvalue weighted by Gasteiger charge is -2.43. The number of esters is 1. The number of carbonyl (C=O) groups excluding carboxylic acids is 1. The van der Waals surface area contributed by atoms with Crippen LogP contribution in [0.5, 0.6) is 0 Å². The molecule has 0 radical (unpaired) electrons. The number of piperidine rings is 3. The van der Waals surface area contributed by atoms with E-state index in [1.807, 2.05) is 0 Å². The number of halogens is 1. The summed E-state index contributed by atoms with van der Waals surface area (Å²) in [6.07, 6.45) is 6.42. The number of alkyl halides is 1. The van der Waals surface area contributed by atoms with E-state index in [-0.39, 0.29) is 12.1 Å². The molecule has 3 aliphatic rings. The van der Waals surface area contributed by atoms with Crippen LogP contribution in [0.3, 0.4) is 0 Å². The van der Waals surface area contributed by atoms with Gasteiger partial charge in [0.05, 0.1) is 0 Å². The summed E-state index contributed by atoms with van der Waals surface area (Å²) in [4.78, 5) is 14.1. The minimum absolute atomic E-state index is 0.0123. The maximum absolute atomic E-state index is 11.7. The Morgan fingerprint density at radius 3 is 2.59 bits per heavy atom. The van der Waals surface area contributed by atoms with Gasteiger partial charge in [0.1, 0.15) is 6.10 Å². The van der Waals surface area contributed by atoms with Crippen molar-refractivity contribution in [2.75, 3.05) is 25.0 Å². The third-order valence-corrected chi connectivity index (χ3v) is 4.45. The minimum Gasteiger partial charge on any atom is -0.461 e. The molecule has 3 fully saturated rings. The van der Waals surface area contributed by atoms with Gasteiger partial charge in [-0.3, -0.25) is 9.69 Å². The monoisotopic (exact) mass is 303 g/mol. The highest BCUT2D eigenvalue weighted by Crippen LogP contribution is 2.29. The first kappa shape index (κ1) is 13.3. The smallest absolute Gasteiger partial charge is 0.306 e. The van der Waals surface area contributed by atoms with Crippen molar-refractivity contribution in [2.24, 2.45) is 5.92 Å². The third kappa shape index (κ3) is 3.95. The molecule has 3 rings (SSSR count). The van der Waals surface area contributed by atoms with Gasteiger partial charge in [-0.1, -0.05) is 22.4 Å². The highest BCUT2D eigenvalue weighted by atomic mass is 79.9. The van der Waals surface area contributed by atoms with E-state index in [2.05, 4.69) is 20.8 Å². The second kappa shape index (κ2) is 6.74. The molecule has 3 aliphatic heterocycles. The molecule has 3 nitrogen and oxygen atoms in total. The summed E-state index contributed by atoms with van der Waals surface area (Å²) < 4.78 is 5.61. The Morgan fingerprint density at radius 2 is 2.00 bits per heavy atom. The molecule has 0 aromatic rings. The molecule has 1 atom stereocenters. The van der Waals surface area contributed by atoms with Gasteiger partial charge in [0.2, 0.25) is 0 Å². The minimum atomic E-state index is 0.0123. The Labute approximate surface area is 112 Å². The van der Waals surface area contributed by atoms with Gasteiger partial charge in [-0.05, 0) is 44.7 Å². The normalized spacial score (nSPS) is 31.5. The number of fused-ring (bicyclic) bond motifs is 3. The van der Waals surface area contributed by atoms with Crippen LogP contribution in [0, 0.1) is 5.92 Å². The van der Waals surface area contributed by atoms with E-state index in [4.69, 9.17) is 4.74 Å². The Kier molecular flexibility index (Phi) is 5.29. The SMILES string of the molecule is O=C(CCCCCBr)OC1CN2CCC1CC2. The maximum Gasteiger partial charge on any atom is 0.306 e. The number of rotatable bonds is 6. The fourth-order valence-corrected chi connectivity index (χ4v) is 3.21. The van der Waals surface area contributed by atoms with Crippen molar-refractivity contribution in [1.29, 1.82) is 0 Å². The Balaban J connectivity index is 1.65. The van der Waals surface area contributed by atoms with E-state index in [1.54, 1.807) is 0 Å². The van der Waals surface area contributed by atoms with Gasteiger partial charge in [0, 0.05) is 18.3 Å². The van der Waals surface area contributed by atoms with Crippen molar-refractivity contribution in [3.63, 3.8) is 0 Å². The average molecular weight is 304 g/mol. The zero-order valence-electron chi connectivity index (χ0n) is 10.4. The van der Waals surface area contributed by atoms with E-state index in [0.29, 0.717) is 12.3 Å². The zero-order valence-corrected chi connectivity index (χ0v) is 12.0. The summed E-state index contributed by atoms with van der Waals surface area (Å²) in [5.74, 6) is 0.643. The molecule has 2 bridgehead atoms. The predicted octanol–water partition coefficient (Wildman–Crippen LogP) is 2.58. The van der Waals surface area contributed by atoms with Crippen LogP contribution >= 0.6 is 15.9 Å². The van der Waals surface area contributed by atoms with Crippen LogP contribution in [0.25, 0.3) is 0 Å². The first-order chi connectivity index (χ1) is 8.29. The van der Waals surface area contributed by atoms with E-state index < -0.39 is 0 Å². The standard InChI is InChI=1S/C13H22BrNO2/c14-7-3-1-2-4-13(16)17-12-10-15-8-5-11(12)6-9-15/h11-12H,1-10H2. The van der Waals surface area contributed by atoms with E-state index in [9.17, 15) is 4.79 Å². The number of ether oxygens (including phenoxy) is 1. The van der Waals surface area contributed by atoms with Crippen molar-refractivity contribution in [3.8, 4) is 0 Å². The van der Waals surface area contributed by atoms with Gasteiger partial charge in [0.15, 0.2) is 0 Å². The van der Waals surface area contributed by atoms with Crippen LogP contribution in [-0.4, -0.2) is 41.9 Å². The summed E-state index contributed by atoms with van der Waals surface area (Å²) >= 11 is 3.40. The second-order valence-electron chi connectivity index (χ2n) is 5.17. The molecular weight excluding hydrogens is 282 g/mol. The number of carbonyl (C=O) groups is 1. The molecular formula is C13H22BrNO2. The molecule has 0 aliphatic carbocycles. The quantitative estimate of drug-likeness (QED) is 0.429. The summed E-state index contributed by atoms with van der Waals surface area (Å²) in [7, 11) is 0. The molecule has 3 heterocycles. The maximum atomic E-state index is 11.7. The summed E-state index contributed by atoms with van der Waals surface area (Å²) in [6, 6.07) is 0. The lowest BCUT2D eigenvalue weighted by Crippen LogP contribution is -2.51. The fraction of sp³-hybridized carbons (Fsp3) is 0.923. The van der Waals surface area contributed by atoms with Gasteiger partial charge >= 0.3 is 5.97 Å². The molecule has 0 saturated carbocycles. The van der Waals surface area contributed by atoms with Crippen LogP contribution in [0.1, 0.15) is 38.5 Å². The average Bonchev–Trinajstić information content (AvgIpc) is 2.36. The molecule has 17 heavy (non-hydrogen) atoms. The van der Waals surface area contributed by atoms with Crippen LogP contribution < -0.4 is 0 Å². The predicted molar refractivity (Wildman–Crippen MR) is 71.3 cm³/mol. The molecule has 0 aromatic carbocycles. The number of unbranched alkanes of at least 4 members (excludes halogenated alkanes) is 2. The van der Waals surface area contributed by atoms with Crippen LogP contribution in [0.4, 0.5) is 0 Å². The Bertz CT molecular complexity index is 252. The van der Waals surface area contributed by atoms with Gasteiger partial charge in [-0.15, -0.1) is 0 Å². The Hall–Kier alpha value is -0.0900. The fourth-order valence-electron chi connectivity index (χ4n) is 2.81. The van der Waals surface area contributed by atoms with Gasteiger partial charge in [-0.2, -0.15) is 0 Å². The molecule has 98 valence electrons. The van der Waals surface area contributed by atoms with E-state index in [1.165, 1.54) is 25.9 Å². The first-order valence-electron chi connectivity index (χ1n) is 6.77. The van der Waals surface area contributed by atoms with Crippen LogP contribution in [-0.2, 0) is 9.53 Å². The highest BCUT2D eigenvalue weighted by Gasteiger charge is 2.36. The highest BCUT2D eigenvalue weighted by molar-refractivity contribution is 9.09. The van der Waals surface area contributed by atoms with Crippen LogP contribution in [0.15, 0.2) is 0 Å². The van der Waals surface area contributed by atoms with Gasteiger partial charge < -0.3 is 4.74 Å². The number of nitrogens with zero attached hydrogens (tertiary/aromatic N) is 1. The lowest BCUT2D eigenvalue weighted by molar-refractivity contribution is -0.158. The van der Waals surface area contributed by atoms with E-state index in [0.717, 1.165) is 31.1 Å². The van der Waals surface area contributed by atoms with Gasteiger partial charge in [0.25, 0.3) is 0 Å². The molecule has 4 heteroatoms. The van der Waals surface area contributed by atoms with Crippen molar-refractivity contribution >= 4 is 21.9 Å². The molecule has 0 spiro atoms. The summed E-state index contributed by atoms with van der Waals surface area (Å²) in [5, 5.41) is 1.03. The Morgan fingerprint density at radius 1 is 1.24 bits per heavy atom. The molecule has 0 amide bonds. The third-order valence-electron chi connectivity index (χ3n) is 3.89. The van der Waals surface area contributed by atoms with Crippen molar-refractivity contribution in [3.05, 3.63) is 0 Å². The number of hydrogen-bond donors (Lipinski definition) is 0. The first-order valence-corrected chi connectivity index (χ1v) is 7.89. The summed E-state index contributed by atoms with van der Waals surface area (Å²) in [5.41, 5.74) is 0. The number of hydrogen-bond acceptors (Lipinski definition) is 3. The van der Waals surface area contributed by atoms with Gasteiger partial charge in [-0.25, -0.2) is 0 Å². The lowest BCUT2D eigenvalue weighted by atomic mass is 9.86. The molecule has 0 aromatic heterocycles. The molecule has 1 unspecified atom stereocenters. The summed E-state index contributed by atoms with van der Waals surface area (Å²) in [6.45, 7) is 3.37. The molecule has 3 saturated heterocycles. The second-order valence-corrected chi connectivity index (χ2v) is 5.96. The largest absolute Gasteiger partial charge is 0.461 e. The van der Waals surface area contributed by atoms with Crippen molar-refractivity contribution < 1.29 is 9.53 Å². The van der Waals surface area contributed by atoms with Crippen LogP contribution in [0.2, 0.25) is 0 Å². The van der Waals surface area contributed by atoms with Crippen molar-refractivity contribution in [1.82, 2.24) is 4.90 Å². The topological polar surface area (TPSA) is 29.5 Å². The van der Waals surface area contributed by atoms with E-state index >= 15 is 0 Å².